The number of halogens is 1. The fourth-order valence-corrected chi connectivity index (χ4v) is 1.79. The number of aryl methyl sites for hydroxylation is 2. The molecule has 0 amide bonds. The molecule has 0 saturated carbocycles. The highest BCUT2D eigenvalue weighted by molar-refractivity contribution is 5.89. The van der Waals surface area contributed by atoms with Gasteiger partial charge in [-0.05, 0) is 31.5 Å². The van der Waals surface area contributed by atoms with Crippen LogP contribution in [0.1, 0.15) is 27.3 Å². The zero-order valence-electron chi connectivity index (χ0n) is 12.0. The molecule has 0 aliphatic rings. The summed E-state index contributed by atoms with van der Waals surface area (Å²) in [6.45, 7) is 3.28. The number of hydrogen-bond acceptors (Lipinski definition) is 5. The predicted molar refractivity (Wildman–Crippen MR) is 73.6 cm³/mol. The topological polar surface area (TPSA) is 61.3 Å². The Kier molecular flexibility index (Phi) is 4.47. The van der Waals surface area contributed by atoms with Crippen LogP contribution in [0.4, 0.5) is 4.39 Å². The van der Waals surface area contributed by atoms with Gasteiger partial charge in [0, 0.05) is 5.69 Å². The molecular weight excluding hydrogens is 275 g/mol. The molecule has 0 unspecified atom stereocenters. The molecule has 0 spiro atoms. The molecular formula is C15H15FN2O3. The van der Waals surface area contributed by atoms with Crippen LogP contribution in [0.2, 0.25) is 0 Å². The van der Waals surface area contributed by atoms with Gasteiger partial charge in [-0.3, -0.25) is 0 Å². The number of benzene rings is 1. The van der Waals surface area contributed by atoms with E-state index in [1.807, 2.05) is 0 Å². The molecule has 0 atom stereocenters. The van der Waals surface area contributed by atoms with Gasteiger partial charge in [-0.25, -0.2) is 14.2 Å². The van der Waals surface area contributed by atoms with E-state index in [0.29, 0.717) is 17.0 Å². The molecule has 0 saturated heterocycles. The minimum Gasteiger partial charge on any atom is -0.467 e. The number of carbonyl (C=O) groups excluding carboxylic acids is 1. The number of rotatable bonds is 4. The highest BCUT2D eigenvalue weighted by Crippen LogP contribution is 2.14. The number of ether oxygens (including phenoxy) is 2. The summed E-state index contributed by atoms with van der Waals surface area (Å²) in [4.78, 5) is 20.0. The average molecular weight is 290 g/mol. The molecule has 1 heterocycles. The Morgan fingerprint density at radius 1 is 1.29 bits per heavy atom. The first-order valence-corrected chi connectivity index (χ1v) is 6.32. The van der Waals surface area contributed by atoms with Gasteiger partial charge in [0.15, 0.2) is 0 Å². The van der Waals surface area contributed by atoms with Crippen LogP contribution in [0.5, 0.6) is 6.01 Å². The highest BCUT2D eigenvalue weighted by Gasteiger charge is 2.15. The Bertz CT molecular complexity index is 674. The summed E-state index contributed by atoms with van der Waals surface area (Å²) in [7, 11) is 1.45. The van der Waals surface area contributed by atoms with Crippen molar-refractivity contribution in [3.05, 3.63) is 52.6 Å². The quantitative estimate of drug-likeness (QED) is 0.810. The molecule has 0 aliphatic heterocycles. The van der Waals surface area contributed by atoms with Crippen molar-refractivity contribution in [2.75, 3.05) is 7.11 Å². The smallest absolute Gasteiger partial charge is 0.341 e. The van der Waals surface area contributed by atoms with Crippen molar-refractivity contribution in [1.29, 1.82) is 0 Å². The molecule has 0 bridgehead atoms. The van der Waals surface area contributed by atoms with Crippen molar-refractivity contribution in [3.63, 3.8) is 0 Å². The van der Waals surface area contributed by atoms with E-state index in [1.165, 1.54) is 13.2 Å². The second-order valence-corrected chi connectivity index (χ2v) is 4.50. The third-order valence-corrected chi connectivity index (χ3v) is 2.83. The molecule has 0 N–H and O–H groups in total. The van der Waals surface area contributed by atoms with Crippen molar-refractivity contribution in [2.24, 2.45) is 0 Å². The van der Waals surface area contributed by atoms with Gasteiger partial charge < -0.3 is 9.47 Å². The van der Waals surface area contributed by atoms with E-state index in [2.05, 4.69) is 9.97 Å². The van der Waals surface area contributed by atoms with Crippen LogP contribution in [-0.2, 0) is 11.3 Å². The van der Waals surface area contributed by atoms with Gasteiger partial charge >= 0.3 is 12.0 Å². The molecule has 5 nitrogen and oxygen atoms in total. The minimum atomic E-state index is -0.730. The number of aromatic nitrogens is 2. The molecule has 110 valence electrons. The van der Waals surface area contributed by atoms with Crippen LogP contribution in [0.25, 0.3) is 0 Å². The average Bonchev–Trinajstić information content (AvgIpc) is 2.47. The van der Waals surface area contributed by atoms with Crippen molar-refractivity contribution in [2.45, 2.75) is 20.5 Å². The van der Waals surface area contributed by atoms with Crippen LogP contribution in [-0.4, -0.2) is 23.0 Å². The lowest BCUT2D eigenvalue weighted by Crippen LogP contribution is -2.10. The summed E-state index contributed by atoms with van der Waals surface area (Å²) in [5.41, 5.74) is 1.48. The van der Waals surface area contributed by atoms with Crippen molar-refractivity contribution in [3.8, 4) is 6.01 Å². The number of nitrogens with zero attached hydrogens (tertiary/aromatic N) is 2. The minimum absolute atomic E-state index is 0.0774. The maximum absolute atomic E-state index is 13.8. The zero-order valence-corrected chi connectivity index (χ0v) is 12.0. The fraction of sp³-hybridized carbons (Fsp3) is 0.267. The van der Waals surface area contributed by atoms with Crippen LogP contribution >= 0.6 is 0 Å². The Balaban J connectivity index is 2.11. The van der Waals surface area contributed by atoms with E-state index in [4.69, 9.17) is 9.47 Å². The van der Waals surface area contributed by atoms with Crippen molar-refractivity contribution < 1.29 is 18.7 Å². The normalized spacial score (nSPS) is 10.3. The first-order chi connectivity index (χ1) is 10.0. The van der Waals surface area contributed by atoms with Crippen LogP contribution < -0.4 is 4.74 Å². The summed E-state index contributed by atoms with van der Waals surface area (Å²) in [5.74, 6) is -1.30. The summed E-state index contributed by atoms with van der Waals surface area (Å²) in [5, 5.41) is 0. The van der Waals surface area contributed by atoms with Crippen LogP contribution in [0, 0.1) is 19.7 Å². The molecule has 0 aliphatic carbocycles. The zero-order chi connectivity index (χ0) is 15.4. The Labute approximate surface area is 121 Å². The number of esters is 1. The van der Waals surface area contributed by atoms with Crippen molar-refractivity contribution >= 4 is 5.97 Å². The molecule has 1 aromatic carbocycles. The van der Waals surface area contributed by atoms with E-state index >= 15 is 0 Å². The Hall–Kier alpha value is -2.50. The van der Waals surface area contributed by atoms with Gasteiger partial charge in [0.05, 0.1) is 18.4 Å². The summed E-state index contributed by atoms with van der Waals surface area (Å²) >= 11 is 0. The number of hydrogen-bond donors (Lipinski definition) is 0. The first-order valence-electron chi connectivity index (χ1n) is 6.32. The fourth-order valence-electron chi connectivity index (χ4n) is 1.79. The number of methoxy groups -OCH3 is 1. The summed E-state index contributed by atoms with van der Waals surface area (Å²) in [6, 6.07) is 6.44. The lowest BCUT2D eigenvalue weighted by molar-refractivity contribution is 0.0461. The largest absolute Gasteiger partial charge is 0.467 e. The maximum atomic E-state index is 13.8. The third-order valence-electron chi connectivity index (χ3n) is 2.83. The molecule has 2 aromatic rings. The van der Waals surface area contributed by atoms with E-state index in [0.717, 1.165) is 0 Å². The predicted octanol–water partition coefficient (Wildman–Crippen LogP) is 2.60. The lowest BCUT2D eigenvalue weighted by atomic mass is 10.1. The number of carbonyl (C=O) groups is 1. The van der Waals surface area contributed by atoms with Gasteiger partial charge in [-0.15, -0.1) is 0 Å². The molecule has 6 heteroatoms. The van der Waals surface area contributed by atoms with Gasteiger partial charge in [0.2, 0.25) is 0 Å². The molecule has 21 heavy (non-hydrogen) atoms. The van der Waals surface area contributed by atoms with E-state index < -0.39 is 11.8 Å². The summed E-state index contributed by atoms with van der Waals surface area (Å²) < 4.78 is 23.8. The SMILES string of the molecule is COc1nc(C)cc(COC(=O)c2cccc(C)c2F)n1. The van der Waals surface area contributed by atoms with E-state index in [9.17, 15) is 9.18 Å². The van der Waals surface area contributed by atoms with Gasteiger partial charge in [-0.1, -0.05) is 12.1 Å². The monoisotopic (exact) mass is 290 g/mol. The standard InChI is InChI=1S/C15H15FN2O3/c1-9-5-4-6-12(13(9)16)14(19)21-8-11-7-10(2)17-15(18-11)20-3/h4-7H,8H2,1-3H3. The van der Waals surface area contributed by atoms with E-state index in [-0.39, 0.29) is 18.2 Å². The highest BCUT2D eigenvalue weighted by atomic mass is 19.1. The molecule has 0 fully saturated rings. The third kappa shape index (κ3) is 3.53. The van der Waals surface area contributed by atoms with E-state index in [1.54, 1.807) is 32.0 Å². The second kappa shape index (κ2) is 6.30. The first kappa shape index (κ1) is 14.9. The van der Waals surface area contributed by atoms with Crippen LogP contribution in [0.15, 0.2) is 24.3 Å². The lowest BCUT2D eigenvalue weighted by Gasteiger charge is -2.08. The maximum Gasteiger partial charge on any atom is 0.341 e. The van der Waals surface area contributed by atoms with Crippen LogP contribution in [0.3, 0.4) is 0 Å². The van der Waals surface area contributed by atoms with Gasteiger partial charge in [-0.2, -0.15) is 4.98 Å². The molecule has 1 aromatic heterocycles. The molecule has 2 rings (SSSR count). The van der Waals surface area contributed by atoms with Gasteiger partial charge in [0.1, 0.15) is 12.4 Å². The Morgan fingerprint density at radius 3 is 2.76 bits per heavy atom. The second-order valence-electron chi connectivity index (χ2n) is 4.50. The summed E-state index contributed by atoms with van der Waals surface area (Å²) in [6.07, 6.45) is 0. The van der Waals surface area contributed by atoms with Gasteiger partial charge in [0.25, 0.3) is 0 Å². The van der Waals surface area contributed by atoms with Crippen molar-refractivity contribution in [1.82, 2.24) is 9.97 Å². The molecule has 0 radical (unpaired) electrons. The Morgan fingerprint density at radius 2 is 2.05 bits per heavy atom.